The van der Waals surface area contributed by atoms with E-state index in [4.69, 9.17) is 4.74 Å². The first-order valence-corrected chi connectivity index (χ1v) is 7.76. The molecule has 2 saturated carbocycles. The molecule has 3 heteroatoms. The summed E-state index contributed by atoms with van der Waals surface area (Å²) in [6, 6.07) is 0. The van der Waals surface area contributed by atoms with Crippen molar-refractivity contribution in [2.24, 2.45) is 22.7 Å². The van der Waals surface area contributed by atoms with Crippen molar-refractivity contribution in [2.75, 3.05) is 6.61 Å². The van der Waals surface area contributed by atoms with Gasteiger partial charge >= 0.3 is 0 Å². The lowest BCUT2D eigenvalue weighted by molar-refractivity contribution is -0.122. The van der Waals surface area contributed by atoms with Gasteiger partial charge in [-0.1, -0.05) is 27.4 Å². The van der Waals surface area contributed by atoms with Gasteiger partial charge in [-0.15, -0.1) is 0 Å². The van der Waals surface area contributed by atoms with Gasteiger partial charge in [0.05, 0.1) is 6.61 Å². The third kappa shape index (κ3) is 2.41. The lowest BCUT2D eigenvalue weighted by Crippen LogP contribution is -2.39. The number of amides is 1. The van der Waals surface area contributed by atoms with Crippen LogP contribution in [0.4, 0.5) is 0 Å². The molecular weight excluding hydrogens is 250 g/mol. The van der Waals surface area contributed by atoms with Gasteiger partial charge in [0.2, 0.25) is 5.91 Å². The molecule has 3 nitrogen and oxygen atoms in total. The van der Waals surface area contributed by atoms with Gasteiger partial charge in [0.15, 0.2) is 0 Å². The van der Waals surface area contributed by atoms with Crippen molar-refractivity contribution < 1.29 is 9.53 Å². The summed E-state index contributed by atoms with van der Waals surface area (Å²) in [6.45, 7) is 15.2. The van der Waals surface area contributed by atoms with Crippen molar-refractivity contribution in [1.82, 2.24) is 5.32 Å². The Morgan fingerprint density at radius 3 is 2.55 bits per heavy atom. The zero-order chi connectivity index (χ0) is 15.1. The molecule has 0 aromatic heterocycles. The van der Waals surface area contributed by atoms with Gasteiger partial charge in [-0.05, 0) is 55.8 Å². The largest absolute Gasteiger partial charge is 0.358 e. The minimum absolute atomic E-state index is 0.128. The molecule has 2 fully saturated rings. The molecule has 1 N–H and O–H groups in total. The quantitative estimate of drug-likeness (QED) is 0.618. The number of carbonyl (C=O) groups excluding carboxylic acids is 1. The van der Waals surface area contributed by atoms with E-state index in [0.29, 0.717) is 22.3 Å². The minimum atomic E-state index is -0.245. The number of carbonyl (C=O) groups is 1. The molecule has 2 aliphatic rings. The summed E-state index contributed by atoms with van der Waals surface area (Å²) in [5.74, 6) is 1.32. The lowest BCUT2D eigenvalue weighted by atomic mass is 9.67. The van der Waals surface area contributed by atoms with Crippen LogP contribution < -0.4 is 5.32 Å². The molecular formula is C17H29NO2. The highest BCUT2D eigenvalue weighted by Gasteiger charge is 2.61. The van der Waals surface area contributed by atoms with Crippen LogP contribution in [0.2, 0.25) is 0 Å². The van der Waals surface area contributed by atoms with Gasteiger partial charge in [0, 0.05) is 5.57 Å². The normalized spacial score (nSPS) is 35.9. The highest BCUT2D eigenvalue weighted by molar-refractivity contribution is 5.92. The summed E-state index contributed by atoms with van der Waals surface area (Å²) in [4.78, 5) is 11.6. The molecule has 20 heavy (non-hydrogen) atoms. The fraction of sp³-hybridized carbons (Fsp3) is 0.824. The van der Waals surface area contributed by atoms with Crippen molar-refractivity contribution in [2.45, 2.75) is 60.1 Å². The molecule has 4 atom stereocenters. The predicted molar refractivity (Wildman–Crippen MR) is 81.1 cm³/mol. The van der Waals surface area contributed by atoms with Gasteiger partial charge in [0.25, 0.3) is 0 Å². The number of nitrogens with one attached hydrogen (secondary N) is 1. The zero-order valence-corrected chi connectivity index (χ0v) is 13.6. The second-order valence-corrected chi connectivity index (χ2v) is 7.54. The molecule has 2 bridgehead atoms. The molecule has 0 saturated heterocycles. The highest BCUT2D eigenvalue weighted by atomic mass is 16.5. The van der Waals surface area contributed by atoms with E-state index in [-0.39, 0.29) is 12.1 Å². The van der Waals surface area contributed by atoms with E-state index in [1.807, 2.05) is 6.92 Å². The first-order chi connectivity index (χ1) is 9.18. The van der Waals surface area contributed by atoms with Crippen molar-refractivity contribution in [3.63, 3.8) is 0 Å². The Bertz CT molecular complexity index is 415. The van der Waals surface area contributed by atoms with Gasteiger partial charge in [-0.3, -0.25) is 4.79 Å². The third-order valence-corrected chi connectivity index (χ3v) is 6.24. The second-order valence-electron chi connectivity index (χ2n) is 7.54. The van der Waals surface area contributed by atoms with E-state index < -0.39 is 0 Å². The van der Waals surface area contributed by atoms with Crippen molar-refractivity contribution in [1.29, 1.82) is 0 Å². The van der Waals surface area contributed by atoms with Crippen LogP contribution in [0, 0.1) is 22.7 Å². The van der Waals surface area contributed by atoms with Crippen LogP contribution in [0.25, 0.3) is 0 Å². The van der Waals surface area contributed by atoms with Crippen LogP contribution in [0.5, 0.6) is 0 Å². The lowest BCUT2D eigenvalue weighted by Gasteiger charge is -2.39. The third-order valence-electron chi connectivity index (χ3n) is 6.24. The average Bonchev–Trinajstić information content (AvgIpc) is 2.68. The molecule has 4 unspecified atom stereocenters. The SMILES string of the molecule is C=C(C)C(=O)NC(C)OCC1CC2CCC1(C)C2(C)C. The summed E-state index contributed by atoms with van der Waals surface area (Å²) in [5, 5.41) is 2.82. The van der Waals surface area contributed by atoms with Crippen LogP contribution in [-0.4, -0.2) is 18.7 Å². The highest BCUT2D eigenvalue weighted by Crippen LogP contribution is 2.68. The van der Waals surface area contributed by atoms with Crippen molar-refractivity contribution in [3.8, 4) is 0 Å². The first-order valence-electron chi connectivity index (χ1n) is 7.76. The predicted octanol–water partition coefficient (Wildman–Crippen LogP) is 3.50. The van der Waals surface area contributed by atoms with E-state index in [0.717, 1.165) is 12.5 Å². The zero-order valence-electron chi connectivity index (χ0n) is 13.6. The summed E-state index contributed by atoms with van der Waals surface area (Å²) >= 11 is 0. The average molecular weight is 279 g/mol. The van der Waals surface area contributed by atoms with E-state index >= 15 is 0 Å². The van der Waals surface area contributed by atoms with Crippen LogP contribution in [-0.2, 0) is 9.53 Å². The maximum atomic E-state index is 11.6. The topological polar surface area (TPSA) is 38.3 Å². The first kappa shape index (κ1) is 15.6. The Balaban J connectivity index is 1.87. The maximum Gasteiger partial charge on any atom is 0.248 e. The molecule has 0 heterocycles. The summed E-state index contributed by atoms with van der Waals surface area (Å²) in [5.41, 5.74) is 1.33. The Kier molecular flexibility index (Phi) is 4.03. The Morgan fingerprint density at radius 2 is 2.10 bits per heavy atom. The fourth-order valence-corrected chi connectivity index (χ4v) is 4.23. The molecule has 114 valence electrons. The molecule has 0 spiro atoms. The number of rotatable bonds is 5. The van der Waals surface area contributed by atoms with Crippen LogP contribution in [0.15, 0.2) is 12.2 Å². The standard InChI is InChI=1S/C17H29NO2/c1-11(2)15(19)18-12(3)20-10-14-9-13-7-8-17(14,6)16(13,4)5/h12-14H,1,7-10H2,2-6H3,(H,18,19). The van der Waals surface area contributed by atoms with Crippen LogP contribution >= 0.6 is 0 Å². The Morgan fingerprint density at radius 1 is 1.45 bits per heavy atom. The van der Waals surface area contributed by atoms with Crippen LogP contribution in [0.3, 0.4) is 0 Å². The van der Waals surface area contributed by atoms with Gasteiger partial charge in [-0.2, -0.15) is 0 Å². The van der Waals surface area contributed by atoms with Gasteiger partial charge in [0.1, 0.15) is 6.23 Å². The second kappa shape index (κ2) is 5.18. The van der Waals surface area contributed by atoms with E-state index in [9.17, 15) is 4.79 Å². The van der Waals surface area contributed by atoms with Gasteiger partial charge < -0.3 is 10.1 Å². The molecule has 2 rings (SSSR count). The van der Waals surface area contributed by atoms with Crippen molar-refractivity contribution >= 4 is 5.91 Å². The fourth-order valence-electron chi connectivity index (χ4n) is 4.23. The maximum absolute atomic E-state index is 11.6. The molecule has 2 aliphatic carbocycles. The van der Waals surface area contributed by atoms with Crippen molar-refractivity contribution in [3.05, 3.63) is 12.2 Å². The van der Waals surface area contributed by atoms with E-state index in [1.54, 1.807) is 6.92 Å². The summed E-state index contributed by atoms with van der Waals surface area (Å²) < 4.78 is 5.88. The number of ether oxygens (including phenoxy) is 1. The molecule has 0 aromatic carbocycles. The summed E-state index contributed by atoms with van der Waals surface area (Å²) in [6.07, 6.45) is 3.70. The van der Waals surface area contributed by atoms with Crippen LogP contribution in [0.1, 0.15) is 53.9 Å². The van der Waals surface area contributed by atoms with Gasteiger partial charge in [-0.25, -0.2) is 0 Å². The molecule has 0 radical (unpaired) electrons. The molecule has 0 aliphatic heterocycles. The van der Waals surface area contributed by atoms with E-state index in [1.165, 1.54) is 19.3 Å². The smallest absolute Gasteiger partial charge is 0.248 e. The monoisotopic (exact) mass is 279 g/mol. The Labute approximate surface area is 123 Å². The number of fused-ring (bicyclic) bond motifs is 2. The Hall–Kier alpha value is -0.830. The number of hydrogen-bond acceptors (Lipinski definition) is 2. The van der Waals surface area contributed by atoms with E-state index in [2.05, 4.69) is 32.7 Å². The molecule has 0 aromatic rings. The minimum Gasteiger partial charge on any atom is -0.358 e. The number of hydrogen-bond donors (Lipinski definition) is 1. The summed E-state index contributed by atoms with van der Waals surface area (Å²) in [7, 11) is 0. The molecule has 1 amide bonds.